The molecule has 0 saturated carbocycles. The first kappa shape index (κ1) is 25.1. The van der Waals surface area contributed by atoms with Crippen LogP contribution in [-0.2, 0) is 20.9 Å². The monoisotopic (exact) mass is 524 g/mol. The van der Waals surface area contributed by atoms with Gasteiger partial charge in [-0.15, -0.1) is 0 Å². The van der Waals surface area contributed by atoms with Crippen LogP contribution in [0, 0.1) is 5.82 Å². The van der Waals surface area contributed by atoms with Crippen LogP contribution in [0.3, 0.4) is 0 Å². The van der Waals surface area contributed by atoms with Gasteiger partial charge in [-0.1, -0.05) is 11.6 Å². The van der Waals surface area contributed by atoms with Gasteiger partial charge in [0.1, 0.15) is 11.9 Å². The summed E-state index contributed by atoms with van der Waals surface area (Å²) in [6.07, 6.45) is 5.97. The SMILES string of the molecule is CC1(C)CN(CC(=O)NCc2ccncc2F)[C@H](C(=O)Nc2cc(Cl)cc3c2[nH]c2cnccc23)CO1. The first-order chi connectivity index (χ1) is 17.7. The van der Waals surface area contributed by atoms with Crippen LogP contribution in [0.2, 0.25) is 5.02 Å². The molecule has 5 rings (SSSR count). The maximum atomic E-state index is 13.9. The van der Waals surface area contributed by atoms with Crippen molar-refractivity contribution < 1.29 is 18.7 Å². The molecular weight excluding hydrogens is 499 g/mol. The van der Waals surface area contributed by atoms with Crippen LogP contribution in [0.4, 0.5) is 10.1 Å². The summed E-state index contributed by atoms with van der Waals surface area (Å²) in [7, 11) is 0. The fourth-order valence-corrected chi connectivity index (χ4v) is 4.79. The van der Waals surface area contributed by atoms with Crippen molar-refractivity contribution in [3.63, 3.8) is 0 Å². The lowest BCUT2D eigenvalue weighted by Crippen LogP contribution is -2.60. The number of aromatic nitrogens is 3. The second-order valence-electron chi connectivity index (χ2n) is 9.65. The van der Waals surface area contributed by atoms with Gasteiger partial charge in [-0.05, 0) is 38.1 Å². The molecule has 2 amide bonds. The molecule has 1 fully saturated rings. The third kappa shape index (κ3) is 5.41. The summed E-state index contributed by atoms with van der Waals surface area (Å²) in [4.78, 5) is 39.2. The molecule has 0 bridgehead atoms. The summed E-state index contributed by atoms with van der Waals surface area (Å²) < 4.78 is 19.8. The number of nitrogens with zero attached hydrogens (tertiary/aromatic N) is 3. The fourth-order valence-electron chi connectivity index (χ4n) is 4.58. The number of hydrogen-bond donors (Lipinski definition) is 3. The minimum atomic E-state index is -0.725. The number of H-pyrrole nitrogens is 1. The lowest BCUT2D eigenvalue weighted by atomic mass is 10.0. The molecule has 3 N–H and O–H groups in total. The van der Waals surface area contributed by atoms with E-state index in [1.165, 1.54) is 12.3 Å². The van der Waals surface area contributed by atoms with Crippen LogP contribution in [0.15, 0.2) is 49.1 Å². The van der Waals surface area contributed by atoms with Crippen LogP contribution < -0.4 is 10.6 Å². The van der Waals surface area contributed by atoms with Gasteiger partial charge in [-0.2, -0.15) is 0 Å². The molecular formula is C26H26ClFN6O3. The van der Waals surface area contributed by atoms with E-state index in [9.17, 15) is 14.0 Å². The summed E-state index contributed by atoms with van der Waals surface area (Å²) in [6.45, 7) is 4.22. The van der Waals surface area contributed by atoms with Crippen molar-refractivity contribution >= 4 is 50.9 Å². The van der Waals surface area contributed by atoms with Gasteiger partial charge < -0.3 is 20.4 Å². The molecule has 11 heteroatoms. The first-order valence-corrected chi connectivity index (χ1v) is 12.2. The minimum absolute atomic E-state index is 0.0213. The molecule has 4 aromatic rings. The molecule has 1 saturated heterocycles. The lowest BCUT2D eigenvalue weighted by molar-refractivity contribution is -0.146. The van der Waals surface area contributed by atoms with Crippen molar-refractivity contribution in [2.45, 2.75) is 32.0 Å². The second-order valence-corrected chi connectivity index (χ2v) is 10.1. The molecule has 0 radical (unpaired) electrons. The van der Waals surface area contributed by atoms with E-state index >= 15 is 0 Å². The Hall–Kier alpha value is -3.60. The number of anilines is 1. The third-order valence-electron chi connectivity index (χ3n) is 6.37. The zero-order valence-electron chi connectivity index (χ0n) is 20.3. The second kappa shape index (κ2) is 10.0. The molecule has 1 aliphatic rings. The summed E-state index contributed by atoms with van der Waals surface area (Å²) in [5.41, 5.74) is 1.84. The maximum absolute atomic E-state index is 13.9. The summed E-state index contributed by atoms with van der Waals surface area (Å²) in [5, 5.41) is 7.96. The standard InChI is InChI=1S/C26H26ClFN6O3/c1-26(2)14-34(12-23(35)31-9-15-3-5-29-10-19(15)28)22(13-37-26)25(36)33-20-8-16(27)7-18-17-4-6-30-11-21(17)32-24(18)20/h3-8,10-11,22,32H,9,12-14H2,1-2H3,(H,31,35)(H,33,36)/t22-/m0/s1. The molecule has 1 aliphatic heterocycles. The van der Waals surface area contributed by atoms with Crippen molar-refractivity contribution in [2.24, 2.45) is 0 Å². The molecule has 0 spiro atoms. The predicted octanol–water partition coefficient (Wildman–Crippen LogP) is 3.64. The number of nitrogens with one attached hydrogen (secondary N) is 3. The van der Waals surface area contributed by atoms with Crippen LogP contribution in [-0.4, -0.2) is 63.0 Å². The van der Waals surface area contributed by atoms with E-state index in [-0.39, 0.29) is 31.5 Å². The summed E-state index contributed by atoms with van der Waals surface area (Å²) >= 11 is 6.38. The van der Waals surface area contributed by atoms with Crippen molar-refractivity contribution in [2.75, 3.05) is 25.0 Å². The highest BCUT2D eigenvalue weighted by Crippen LogP contribution is 2.33. The van der Waals surface area contributed by atoms with Crippen molar-refractivity contribution in [3.05, 3.63) is 65.5 Å². The predicted molar refractivity (Wildman–Crippen MR) is 139 cm³/mol. The Morgan fingerprint density at radius 2 is 2.00 bits per heavy atom. The lowest BCUT2D eigenvalue weighted by Gasteiger charge is -2.42. The number of carbonyl (C=O) groups excluding carboxylic acids is 2. The van der Waals surface area contributed by atoms with Gasteiger partial charge in [0, 0.05) is 46.8 Å². The molecule has 3 aromatic heterocycles. The zero-order chi connectivity index (χ0) is 26.2. The number of morpholine rings is 1. The Morgan fingerprint density at radius 1 is 1.22 bits per heavy atom. The number of aromatic amines is 1. The Kier molecular flexibility index (Phi) is 6.80. The van der Waals surface area contributed by atoms with Crippen LogP contribution >= 0.6 is 11.6 Å². The third-order valence-corrected chi connectivity index (χ3v) is 6.59. The molecule has 0 unspecified atom stereocenters. The largest absolute Gasteiger partial charge is 0.372 e. The number of carbonyl (C=O) groups is 2. The number of halogens is 2. The molecule has 4 heterocycles. The molecule has 37 heavy (non-hydrogen) atoms. The van der Waals surface area contributed by atoms with E-state index < -0.39 is 17.5 Å². The minimum Gasteiger partial charge on any atom is -0.372 e. The van der Waals surface area contributed by atoms with E-state index in [0.29, 0.717) is 22.8 Å². The number of rotatable bonds is 6. The highest BCUT2D eigenvalue weighted by molar-refractivity contribution is 6.33. The molecule has 1 atom stereocenters. The Labute approximate surface area is 217 Å². The summed E-state index contributed by atoms with van der Waals surface area (Å²) in [5.74, 6) is -1.16. The topological polar surface area (TPSA) is 112 Å². The van der Waals surface area contributed by atoms with Gasteiger partial charge in [0.15, 0.2) is 0 Å². The number of ether oxygens (including phenoxy) is 1. The van der Waals surface area contributed by atoms with Crippen molar-refractivity contribution in [1.82, 2.24) is 25.2 Å². The molecule has 192 valence electrons. The smallest absolute Gasteiger partial charge is 0.244 e. The Morgan fingerprint density at radius 3 is 2.81 bits per heavy atom. The Bertz CT molecular complexity index is 1490. The molecule has 1 aromatic carbocycles. The van der Waals surface area contributed by atoms with E-state index in [0.717, 1.165) is 28.0 Å². The Balaban J connectivity index is 1.34. The highest BCUT2D eigenvalue weighted by atomic mass is 35.5. The number of benzene rings is 1. The van der Waals surface area contributed by atoms with Crippen molar-refractivity contribution in [3.8, 4) is 0 Å². The van der Waals surface area contributed by atoms with Crippen LogP contribution in [0.5, 0.6) is 0 Å². The van der Waals surface area contributed by atoms with Crippen LogP contribution in [0.25, 0.3) is 21.8 Å². The van der Waals surface area contributed by atoms with E-state index in [1.807, 2.05) is 26.0 Å². The van der Waals surface area contributed by atoms with Gasteiger partial charge >= 0.3 is 0 Å². The average Bonchev–Trinajstić information content (AvgIpc) is 3.22. The average molecular weight is 525 g/mol. The number of hydrogen-bond acceptors (Lipinski definition) is 6. The zero-order valence-corrected chi connectivity index (χ0v) is 21.1. The van der Waals surface area contributed by atoms with Gasteiger partial charge in [0.05, 0.1) is 47.9 Å². The van der Waals surface area contributed by atoms with Crippen LogP contribution in [0.1, 0.15) is 19.4 Å². The fraction of sp³-hybridized carbons (Fsp3) is 0.308. The quantitative estimate of drug-likeness (QED) is 0.355. The normalized spacial score (nSPS) is 17.7. The summed E-state index contributed by atoms with van der Waals surface area (Å²) in [6, 6.07) is 6.18. The van der Waals surface area contributed by atoms with E-state index in [1.54, 1.807) is 23.4 Å². The van der Waals surface area contributed by atoms with Crippen molar-refractivity contribution in [1.29, 1.82) is 0 Å². The van der Waals surface area contributed by atoms with E-state index in [4.69, 9.17) is 16.3 Å². The van der Waals surface area contributed by atoms with Gasteiger partial charge in [0.25, 0.3) is 0 Å². The number of fused-ring (bicyclic) bond motifs is 3. The molecule has 9 nitrogen and oxygen atoms in total. The highest BCUT2D eigenvalue weighted by Gasteiger charge is 2.38. The maximum Gasteiger partial charge on any atom is 0.244 e. The number of amides is 2. The van der Waals surface area contributed by atoms with Gasteiger partial charge in [0.2, 0.25) is 11.8 Å². The van der Waals surface area contributed by atoms with Gasteiger partial charge in [-0.25, -0.2) is 4.39 Å². The number of pyridine rings is 2. The van der Waals surface area contributed by atoms with E-state index in [2.05, 4.69) is 25.6 Å². The molecule has 0 aliphatic carbocycles. The first-order valence-electron chi connectivity index (χ1n) is 11.8. The van der Waals surface area contributed by atoms with Gasteiger partial charge in [-0.3, -0.25) is 24.5 Å².